The molecule has 0 spiro atoms. The number of esters is 1. The molecule has 0 radical (unpaired) electrons. The van der Waals surface area contributed by atoms with Crippen molar-refractivity contribution in [1.29, 1.82) is 0 Å². The van der Waals surface area contributed by atoms with Crippen LogP contribution < -0.4 is 5.32 Å². The number of carbonyl (C=O) groups is 2. The second kappa shape index (κ2) is 6.94. The van der Waals surface area contributed by atoms with Crippen molar-refractivity contribution in [3.63, 3.8) is 0 Å². The van der Waals surface area contributed by atoms with Gasteiger partial charge in [0.05, 0.1) is 24.4 Å². The lowest BCUT2D eigenvalue weighted by Gasteiger charge is -2.30. The van der Waals surface area contributed by atoms with Gasteiger partial charge in [-0.15, -0.1) is 0 Å². The molecule has 2 fully saturated rings. The molecule has 1 aromatic rings. The van der Waals surface area contributed by atoms with Gasteiger partial charge in [-0.05, 0) is 70.3 Å². The molecule has 0 amide bonds. The third-order valence-electron chi connectivity index (χ3n) is 6.41. The van der Waals surface area contributed by atoms with Gasteiger partial charge in [0, 0.05) is 11.7 Å². The molecular formula is C20H30N2O3. The molecule has 1 aromatic heterocycles. The highest BCUT2D eigenvalue weighted by molar-refractivity contribution is 6.03. The molecule has 25 heavy (non-hydrogen) atoms. The number of hydrogen-bond acceptors (Lipinski definition) is 4. The highest BCUT2D eigenvalue weighted by Gasteiger charge is 2.42. The molecular weight excluding hydrogens is 316 g/mol. The molecule has 5 atom stereocenters. The molecule has 0 saturated heterocycles. The Bertz CT molecular complexity index is 679. The molecule has 2 aliphatic carbocycles. The normalized spacial score (nSPS) is 27.3. The summed E-state index contributed by atoms with van der Waals surface area (Å²) < 4.78 is 4.83. The van der Waals surface area contributed by atoms with Crippen molar-refractivity contribution in [2.24, 2.45) is 17.8 Å². The molecule has 0 aliphatic heterocycles. The van der Waals surface area contributed by atoms with Crippen molar-refractivity contribution in [2.45, 2.75) is 65.5 Å². The number of aromatic nitrogens is 1. The predicted octanol–water partition coefficient (Wildman–Crippen LogP) is 3.40. The van der Waals surface area contributed by atoms with E-state index in [1.165, 1.54) is 32.8 Å². The average molecular weight is 346 g/mol. The summed E-state index contributed by atoms with van der Waals surface area (Å²) in [6, 6.07) is 0.0575. The second-order valence-corrected chi connectivity index (χ2v) is 8.00. The number of aromatic amines is 1. The third kappa shape index (κ3) is 3.26. The Morgan fingerprint density at radius 2 is 1.92 bits per heavy atom. The number of methoxy groups -OCH3 is 1. The molecule has 5 unspecified atom stereocenters. The molecule has 2 N–H and O–H groups in total. The van der Waals surface area contributed by atoms with Crippen LogP contribution in [0.2, 0.25) is 0 Å². The van der Waals surface area contributed by atoms with Crippen LogP contribution in [0.5, 0.6) is 0 Å². The van der Waals surface area contributed by atoms with Gasteiger partial charge in [-0.3, -0.25) is 4.79 Å². The minimum Gasteiger partial charge on any atom is -0.465 e. The van der Waals surface area contributed by atoms with Gasteiger partial charge in [0.2, 0.25) is 0 Å². The molecule has 5 nitrogen and oxygen atoms in total. The maximum absolute atomic E-state index is 12.9. The maximum Gasteiger partial charge on any atom is 0.339 e. The topological polar surface area (TPSA) is 71.2 Å². The van der Waals surface area contributed by atoms with E-state index in [-0.39, 0.29) is 11.8 Å². The van der Waals surface area contributed by atoms with Crippen molar-refractivity contribution < 1.29 is 14.3 Å². The maximum atomic E-state index is 12.9. The third-order valence-corrected chi connectivity index (χ3v) is 6.41. The van der Waals surface area contributed by atoms with E-state index in [4.69, 9.17) is 4.74 Å². The lowest BCUT2D eigenvalue weighted by Crippen LogP contribution is -2.45. The number of nitrogens with one attached hydrogen (secondary N) is 2. The number of fused-ring (bicyclic) bond motifs is 2. The molecule has 2 aliphatic rings. The molecule has 0 aromatic carbocycles. The van der Waals surface area contributed by atoms with E-state index < -0.39 is 5.97 Å². The Kier molecular flexibility index (Phi) is 5.05. The summed E-state index contributed by atoms with van der Waals surface area (Å²) in [6.45, 7) is 7.72. The molecule has 5 heteroatoms. The van der Waals surface area contributed by atoms with E-state index >= 15 is 0 Å². The van der Waals surface area contributed by atoms with Crippen LogP contribution in [0.1, 0.15) is 71.6 Å². The number of Topliss-reactive ketones (excluding diaryl/α,β-unsaturated/α-hetero) is 1. The van der Waals surface area contributed by atoms with Crippen molar-refractivity contribution in [3.05, 3.63) is 22.5 Å². The Morgan fingerprint density at radius 1 is 1.20 bits per heavy atom. The lowest BCUT2D eigenvalue weighted by atomic mass is 9.83. The van der Waals surface area contributed by atoms with E-state index in [1.54, 1.807) is 13.8 Å². The smallest absolute Gasteiger partial charge is 0.339 e. The SMILES string of the molecule is COC(=O)c1c(C)[nH]c(C(=O)C(C)NC(C)C2CC3CCC2C3)c1C. The largest absolute Gasteiger partial charge is 0.465 e. The minimum absolute atomic E-state index is 0.00533. The van der Waals surface area contributed by atoms with Gasteiger partial charge in [0.15, 0.2) is 5.78 Å². The Hall–Kier alpha value is -1.62. The van der Waals surface area contributed by atoms with Crippen LogP contribution in [-0.4, -0.2) is 35.9 Å². The number of hydrogen-bond donors (Lipinski definition) is 2. The summed E-state index contributed by atoms with van der Waals surface area (Å²) in [7, 11) is 1.36. The highest BCUT2D eigenvalue weighted by atomic mass is 16.5. The first kappa shape index (κ1) is 18.2. The van der Waals surface area contributed by atoms with Crippen LogP contribution in [0.25, 0.3) is 0 Å². The fraction of sp³-hybridized carbons (Fsp3) is 0.700. The van der Waals surface area contributed by atoms with Crippen LogP contribution in [0.4, 0.5) is 0 Å². The van der Waals surface area contributed by atoms with Crippen molar-refractivity contribution in [1.82, 2.24) is 10.3 Å². The second-order valence-electron chi connectivity index (χ2n) is 8.00. The van der Waals surface area contributed by atoms with Crippen molar-refractivity contribution in [2.75, 3.05) is 7.11 Å². The number of ketones is 1. The Labute approximate surface area is 149 Å². The quantitative estimate of drug-likeness (QED) is 0.612. The fourth-order valence-corrected chi connectivity index (χ4v) is 5.12. The van der Waals surface area contributed by atoms with Gasteiger partial charge in [0.1, 0.15) is 0 Å². The standard InChI is InChI=1S/C20H30N2O3/c1-10-17(20(24)25-5)12(3)22-18(10)19(23)13(4)21-11(2)16-9-14-6-7-15(16)8-14/h11,13-16,21-22H,6-9H2,1-5H3. The number of carbonyl (C=O) groups excluding carboxylic acids is 2. The van der Waals surface area contributed by atoms with Crippen LogP contribution in [0, 0.1) is 31.6 Å². The molecule has 138 valence electrons. The zero-order chi connectivity index (χ0) is 18.3. The zero-order valence-electron chi connectivity index (χ0n) is 15.9. The van der Waals surface area contributed by atoms with Crippen LogP contribution >= 0.6 is 0 Å². The van der Waals surface area contributed by atoms with E-state index in [0.29, 0.717) is 34.5 Å². The summed E-state index contributed by atoms with van der Waals surface area (Å²) in [5.74, 6) is 2.02. The van der Waals surface area contributed by atoms with E-state index in [9.17, 15) is 9.59 Å². The van der Waals surface area contributed by atoms with Gasteiger partial charge < -0.3 is 15.0 Å². The Morgan fingerprint density at radius 3 is 2.48 bits per heavy atom. The van der Waals surface area contributed by atoms with Crippen LogP contribution in [0.3, 0.4) is 0 Å². The van der Waals surface area contributed by atoms with Crippen LogP contribution in [-0.2, 0) is 4.74 Å². The van der Waals surface area contributed by atoms with Gasteiger partial charge >= 0.3 is 5.97 Å². The van der Waals surface area contributed by atoms with Crippen LogP contribution in [0.15, 0.2) is 0 Å². The molecule has 2 bridgehead atoms. The predicted molar refractivity (Wildman–Crippen MR) is 96.9 cm³/mol. The van der Waals surface area contributed by atoms with E-state index in [1.807, 2.05) is 6.92 Å². The van der Waals surface area contributed by atoms with Crippen molar-refractivity contribution in [3.8, 4) is 0 Å². The average Bonchev–Trinajstić information content (AvgIpc) is 3.28. The number of rotatable bonds is 6. The number of ether oxygens (including phenoxy) is 1. The summed E-state index contributed by atoms with van der Waals surface area (Å²) in [5.41, 5.74) is 2.34. The molecule has 3 rings (SSSR count). The van der Waals surface area contributed by atoms with Crippen molar-refractivity contribution >= 4 is 11.8 Å². The number of aryl methyl sites for hydroxylation is 1. The van der Waals surface area contributed by atoms with E-state index in [0.717, 1.165) is 11.8 Å². The summed E-state index contributed by atoms with van der Waals surface area (Å²) in [4.78, 5) is 27.9. The lowest BCUT2D eigenvalue weighted by molar-refractivity contribution is 0.0599. The highest BCUT2D eigenvalue weighted by Crippen LogP contribution is 2.49. The molecule has 1 heterocycles. The van der Waals surface area contributed by atoms with Gasteiger partial charge in [-0.1, -0.05) is 6.42 Å². The summed E-state index contributed by atoms with van der Waals surface area (Å²) in [5, 5.41) is 3.52. The first-order valence-electron chi connectivity index (χ1n) is 9.41. The zero-order valence-corrected chi connectivity index (χ0v) is 15.9. The van der Waals surface area contributed by atoms with Gasteiger partial charge in [0.25, 0.3) is 0 Å². The fourth-order valence-electron chi connectivity index (χ4n) is 5.12. The minimum atomic E-state index is -0.402. The van der Waals surface area contributed by atoms with E-state index in [2.05, 4.69) is 17.2 Å². The summed E-state index contributed by atoms with van der Waals surface area (Å²) >= 11 is 0. The first-order chi connectivity index (χ1) is 11.8. The Balaban J connectivity index is 1.69. The summed E-state index contributed by atoms with van der Waals surface area (Å²) in [6.07, 6.45) is 5.41. The van der Waals surface area contributed by atoms with Gasteiger partial charge in [-0.2, -0.15) is 0 Å². The van der Waals surface area contributed by atoms with Gasteiger partial charge in [-0.25, -0.2) is 4.79 Å². The number of H-pyrrole nitrogens is 1. The molecule has 2 saturated carbocycles. The first-order valence-corrected chi connectivity index (χ1v) is 9.41. The monoisotopic (exact) mass is 346 g/mol.